The number of fused-ring (bicyclic) bond motifs is 13. The van der Waals surface area contributed by atoms with Crippen LogP contribution in [-0.4, -0.2) is 0 Å². The molecule has 0 N–H and O–H groups in total. The van der Waals surface area contributed by atoms with Crippen molar-refractivity contribution >= 4 is 61.2 Å². The van der Waals surface area contributed by atoms with E-state index in [2.05, 4.69) is 247 Å². The number of nitrogens with zero attached hydrogens (tertiary/aromatic N) is 2. The van der Waals surface area contributed by atoms with Gasteiger partial charge in [0.25, 0.3) is 0 Å². The molecule has 1 spiro atoms. The van der Waals surface area contributed by atoms with E-state index in [4.69, 9.17) is 6.58 Å². The van der Waals surface area contributed by atoms with Crippen molar-refractivity contribution in [3.8, 4) is 22.3 Å². The maximum atomic E-state index is 16.9. The van der Waals surface area contributed by atoms with Crippen molar-refractivity contribution in [1.29, 1.82) is 0 Å². The van der Waals surface area contributed by atoms with Crippen molar-refractivity contribution in [2.45, 2.75) is 83.5 Å². The number of rotatable bonds is 6. The van der Waals surface area contributed by atoms with Crippen LogP contribution in [0.2, 0.25) is 0 Å². The van der Waals surface area contributed by atoms with Crippen molar-refractivity contribution in [1.82, 2.24) is 0 Å². The molecule has 79 heavy (non-hydrogen) atoms. The molecular formula is C75H64F2N2. The first-order valence-electron chi connectivity index (χ1n) is 27.7. The van der Waals surface area contributed by atoms with E-state index in [-0.39, 0.29) is 10.8 Å². The van der Waals surface area contributed by atoms with Crippen molar-refractivity contribution in [3.05, 3.63) is 281 Å². The van der Waals surface area contributed by atoms with Crippen LogP contribution in [0.15, 0.2) is 225 Å². The fourth-order valence-corrected chi connectivity index (χ4v) is 13.3. The van der Waals surface area contributed by atoms with Gasteiger partial charge in [0, 0.05) is 50.5 Å². The second kappa shape index (κ2) is 18.2. The predicted octanol–water partition coefficient (Wildman–Crippen LogP) is 21.0. The van der Waals surface area contributed by atoms with Gasteiger partial charge < -0.3 is 9.80 Å². The van der Waals surface area contributed by atoms with Crippen molar-refractivity contribution in [2.75, 3.05) is 9.80 Å². The van der Waals surface area contributed by atoms with Gasteiger partial charge in [-0.25, -0.2) is 8.78 Å². The second-order valence-electron chi connectivity index (χ2n) is 24.5. The smallest absolute Gasteiger partial charge is 0.131 e. The molecule has 0 aliphatic heterocycles. The fourth-order valence-electron chi connectivity index (χ4n) is 13.3. The highest BCUT2D eigenvalue weighted by molar-refractivity contribution is 6.03. The van der Waals surface area contributed by atoms with Gasteiger partial charge in [0.1, 0.15) is 11.6 Å². The van der Waals surface area contributed by atoms with Gasteiger partial charge in [-0.3, -0.25) is 0 Å². The molecule has 0 radical (unpaired) electrons. The summed E-state index contributed by atoms with van der Waals surface area (Å²) in [6.07, 6.45) is 8.86. The highest BCUT2D eigenvalue weighted by Gasteiger charge is 2.51. The largest absolute Gasteiger partial charge is 0.310 e. The van der Waals surface area contributed by atoms with E-state index in [9.17, 15) is 0 Å². The Bertz CT molecular complexity index is 4140. The van der Waals surface area contributed by atoms with Crippen LogP contribution in [0.3, 0.4) is 0 Å². The number of hydrogen-bond acceptors (Lipinski definition) is 2. The molecule has 388 valence electrons. The quantitative estimate of drug-likeness (QED) is 0.164. The van der Waals surface area contributed by atoms with E-state index < -0.39 is 22.5 Å². The summed E-state index contributed by atoms with van der Waals surface area (Å²) in [4.78, 5) is 4.82. The maximum absolute atomic E-state index is 16.9. The number of benzene rings is 10. The summed E-state index contributed by atoms with van der Waals surface area (Å²) in [7, 11) is 0. The third-order valence-corrected chi connectivity index (χ3v) is 17.3. The van der Waals surface area contributed by atoms with E-state index in [0.717, 1.165) is 89.4 Å². The number of anilines is 6. The molecule has 0 saturated heterocycles. The highest BCUT2D eigenvalue weighted by atomic mass is 19.1. The van der Waals surface area contributed by atoms with Gasteiger partial charge in [0.2, 0.25) is 0 Å². The molecule has 10 aromatic carbocycles. The summed E-state index contributed by atoms with van der Waals surface area (Å²) in [5.74, 6) is -0.879. The van der Waals surface area contributed by atoms with E-state index in [1.54, 1.807) is 12.1 Å². The fraction of sp³-hybridized carbons (Fsp3) is 0.173. The zero-order valence-electron chi connectivity index (χ0n) is 46.3. The van der Waals surface area contributed by atoms with E-state index in [0.29, 0.717) is 17.5 Å². The van der Waals surface area contributed by atoms with E-state index in [1.165, 1.54) is 39.6 Å². The lowest BCUT2D eigenvalue weighted by molar-refractivity contribution is 0.590. The third kappa shape index (κ3) is 7.93. The maximum Gasteiger partial charge on any atom is 0.131 e. The molecule has 0 bridgehead atoms. The van der Waals surface area contributed by atoms with Gasteiger partial charge in [-0.05, 0) is 173 Å². The SMILES string of the molecule is C=C1/C=C\C=C/CC2(c3cc(N(c4ccc(C(C)(C)C)cc4)c4ccc5ccccc5c4)c4c(c31)C(C)(C)c1cc(N(c3ccc(C(C)(C)C)cc3)c3ccc5ccccc5c3)ccc1-4)c1cccc(F)c1-c1c(F)cccc12. The molecule has 0 unspecified atom stereocenters. The van der Waals surface area contributed by atoms with Crippen molar-refractivity contribution < 1.29 is 8.78 Å². The molecule has 0 heterocycles. The Hall–Kier alpha value is -8.60. The van der Waals surface area contributed by atoms with Gasteiger partial charge in [0.15, 0.2) is 0 Å². The summed E-state index contributed by atoms with van der Waals surface area (Å²) in [5, 5.41) is 4.62. The topological polar surface area (TPSA) is 6.48 Å². The molecule has 13 rings (SSSR count). The first kappa shape index (κ1) is 49.9. The minimum Gasteiger partial charge on any atom is -0.310 e. The second-order valence-corrected chi connectivity index (χ2v) is 24.5. The molecule has 0 aromatic heterocycles. The normalized spacial score (nSPS) is 15.6. The van der Waals surface area contributed by atoms with Crippen LogP contribution in [0.1, 0.15) is 106 Å². The zero-order chi connectivity index (χ0) is 54.8. The van der Waals surface area contributed by atoms with Gasteiger partial charge in [-0.15, -0.1) is 0 Å². The lowest BCUT2D eigenvalue weighted by Gasteiger charge is -2.39. The predicted molar refractivity (Wildman–Crippen MR) is 329 cm³/mol. The van der Waals surface area contributed by atoms with Gasteiger partial charge >= 0.3 is 0 Å². The molecule has 0 saturated carbocycles. The van der Waals surface area contributed by atoms with Gasteiger partial charge in [-0.2, -0.15) is 0 Å². The Kier molecular flexibility index (Phi) is 11.5. The number of hydrogen-bond donors (Lipinski definition) is 0. The minimum atomic E-state index is -1.04. The van der Waals surface area contributed by atoms with Crippen molar-refractivity contribution in [2.24, 2.45) is 0 Å². The Morgan fingerprint density at radius 2 is 0.911 bits per heavy atom. The molecule has 4 heteroatoms. The van der Waals surface area contributed by atoms with Crippen LogP contribution in [0, 0.1) is 11.6 Å². The van der Waals surface area contributed by atoms with Crippen LogP contribution in [0.25, 0.3) is 49.4 Å². The number of allylic oxidation sites excluding steroid dienone is 5. The Labute approximate surface area is 464 Å². The van der Waals surface area contributed by atoms with Crippen LogP contribution in [0.5, 0.6) is 0 Å². The molecule has 3 aliphatic carbocycles. The molecule has 3 aliphatic rings. The van der Waals surface area contributed by atoms with Crippen LogP contribution >= 0.6 is 0 Å². The minimum absolute atomic E-state index is 0.0163. The zero-order valence-corrected chi connectivity index (χ0v) is 46.3. The standard InChI is InChI=1S/C75H64F2N2/c1-47-19-11-10-16-42-75(60-24-17-26-64(76)69(60)70-61(75)25-18-27-65(70)77)63-46-66(79(55-38-32-53(33-39-55)73(5,6)7)57-35-29-49-21-13-15-23-51(49)44-57)68-59-41-40-58(45-62(59)74(8,9)71(68)67(47)63)78(54-36-30-52(31-37-54)72(2,3)4)56-34-28-48-20-12-14-22-50(48)43-56/h10-41,43-46H,1,42H2,2-9H3/b16-10-,19-11-. The first-order valence-corrected chi connectivity index (χ1v) is 27.7. The van der Waals surface area contributed by atoms with Crippen LogP contribution < -0.4 is 9.80 Å². The summed E-state index contributed by atoms with van der Waals surface area (Å²) in [6.45, 7) is 23.2. The lowest BCUT2D eigenvalue weighted by Crippen LogP contribution is -2.30. The third-order valence-electron chi connectivity index (χ3n) is 17.3. The Morgan fingerprint density at radius 1 is 0.430 bits per heavy atom. The van der Waals surface area contributed by atoms with Crippen LogP contribution in [0.4, 0.5) is 42.9 Å². The summed E-state index contributed by atoms with van der Waals surface area (Å²) < 4.78 is 33.8. The average molecular weight is 1030 g/mol. The van der Waals surface area contributed by atoms with Crippen LogP contribution in [-0.2, 0) is 21.7 Å². The van der Waals surface area contributed by atoms with Crippen molar-refractivity contribution in [3.63, 3.8) is 0 Å². The Balaban J connectivity index is 1.15. The Morgan fingerprint density at radius 3 is 1.46 bits per heavy atom. The molecule has 0 amide bonds. The molecular weight excluding hydrogens is 967 g/mol. The monoisotopic (exact) mass is 1030 g/mol. The van der Waals surface area contributed by atoms with E-state index in [1.807, 2.05) is 12.1 Å². The summed E-state index contributed by atoms with van der Waals surface area (Å²) in [6, 6.07) is 68.6. The molecule has 2 nitrogen and oxygen atoms in total. The van der Waals surface area contributed by atoms with Gasteiger partial charge in [0.05, 0.1) is 11.1 Å². The number of halogens is 2. The lowest BCUT2D eigenvalue weighted by atomic mass is 9.65. The van der Waals surface area contributed by atoms with Gasteiger partial charge in [-0.1, -0.05) is 202 Å². The molecule has 0 fully saturated rings. The average Bonchev–Trinajstić information content (AvgIpc) is 3.35. The summed E-state index contributed by atoms with van der Waals surface area (Å²) in [5.41, 5.74) is 16.2. The molecule has 10 aromatic rings. The first-order chi connectivity index (χ1) is 37.9. The summed E-state index contributed by atoms with van der Waals surface area (Å²) >= 11 is 0. The van der Waals surface area contributed by atoms with E-state index >= 15 is 8.78 Å². The molecule has 0 atom stereocenters. The highest BCUT2D eigenvalue weighted by Crippen LogP contribution is 2.64.